The van der Waals surface area contributed by atoms with E-state index in [9.17, 15) is 0 Å². The molecule has 1 atom stereocenters. The van der Waals surface area contributed by atoms with E-state index in [1.54, 1.807) is 0 Å². The molecule has 1 nitrogen and oxygen atoms in total. The van der Waals surface area contributed by atoms with Gasteiger partial charge in [-0.25, -0.2) is 0 Å². The second kappa shape index (κ2) is 7.15. The molecule has 0 aromatic heterocycles. The highest BCUT2D eigenvalue weighted by Crippen LogP contribution is 2.26. The topological polar surface area (TPSA) is 26.0 Å². The standard InChI is InChI=1S/C12H18ClNS/c1-2-11(7-8-14)15-9-10-5-3-4-6-12(10)13/h3-6,11H,2,7-9,14H2,1H3. The van der Waals surface area contributed by atoms with Crippen molar-refractivity contribution in [3.63, 3.8) is 0 Å². The van der Waals surface area contributed by atoms with E-state index >= 15 is 0 Å². The fraction of sp³-hybridized carbons (Fsp3) is 0.500. The van der Waals surface area contributed by atoms with Gasteiger partial charge in [0.1, 0.15) is 0 Å². The summed E-state index contributed by atoms with van der Waals surface area (Å²) < 4.78 is 0. The van der Waals surface area contributed by atoms with Crippen LogP contribution < -0.4 is 5.73 Å². The van der Waals surface area contributed by atoms with Gasteiger partial charge in [0.05, 0.1) is 0 Å². The van der Waals surface area contributed by atoms with Crippen LogP contribution in [-0.2, 0) is 5.75 Å². The molecular formula is C12H18ClNS. The van der Waals surface area contributed by atoms with Gasteiger partial charge in [0.15, 0.2) is 0 Å². The highest BCUT2D eigenvalue weighted by Gasteiger charge is 2.07. The Kier molecular flexibility index (Phi) is 6.15. The third-order valence-electron chi connectivity index (χ3n) is 2.38. The summed E-state index contributed by atoms with van der Waals surface area (Å²) in [5.74, 6) is 0.984. The Hall–Kier alpha value is -0.180. The van der Waals surface area contributed by atoms with Gasteiger partial charge in [-0.2, -0.15) is 11.8 Å². The molecule has 0 fully saturated rings. The second-order valence-corrected chi connectivity index (χ2v) is 5.21. The number of halogens is 1. The molecule has 2 N–H and O–H groups in total. The second-order valence-electron chi connectivity index (χ2n) is 3.51. The molecule has 0 saturated heterocycles. The molecule has 0 heterocycles. The summed E-state index contributed by atoms with van der Waals surface area (Å²) in [5.41, 5.74) is 6.79. The van der Waals surface area contributed by atoms with Crippen LogP contribution in [0, 0.1) is 0 Å². The first kappa shape index (κ1) is 12.9. The summed E-state index contributed by atoms with van der Waals surface area (Å²) in [4.78, 5) is 0. The summed E-state index contributed by atoms with van der Waals surface area (Å²) in [7, 11) is 0. The van der Waals surface area contributed by atoms with Crippen LogP contribution in [0.1, 0.15) is 25.3 Å². The molecule has 0 saturated carbocycles. The van der Waals surface area contributed by atoms with Crippen LogP contribution in [0.5, 0.6) is 0 Å². The van der Waals surface area contributed by atoms with Crippen LogP contribution in [0.3, 0.4) is 0 Å². The minimum atomic E-state index is 0.659. The molecule has 1 unspecified atom stereocenters. The number of benzene rings is 1. The average Bonchev–Trinajstić information content (AvgIpc) is 2.26. The Bertz CT molecular complexity index is 291. The van der Waals surface area contributed by atoms with E-state index in [1.165, 1.54) is 12.0 Å². The molecule has 0 amide bonds. The Morgan fingerprint density at radius 1 is 1.40 bits per heavy atom. The SMILES string of the molecule is CCC(CCN)SCc1ccccc1Cl. The monoisotopic (exact) mass is 243 g/mol. The molecule has 1 aromatic rings. The quantitative estimate of drug-likeness (QED) is 0.825. The van der Waals surface area contributed by atoms with Gasteiger partial charge < -0.3 is 5.73 Å². The molecule has 1 rings (SSSR count). The van der Waals surface area contributed by atoms with Gasteiger partial charge in [-0.3, -0.25) is 0 Å². The van der Waals surface area contributed by atoms with Gasteiger partial charge in [0.2, 0.25) is 0 Å². The zero-order valence-corrected chi connectivity index (χ0v) is 10.7. The molecule has 15 heavy (non-hydrogen) atoms. The van der Waals surface area contributed by atoms with E-state index in [0.29, 0.717) is 5.25 Å². The van der Waals surface area contributed by atoms with E-state index in [4.69, 9.17) is 17.3 Å². The fourth-order valence-electron chi connectivity index (χ4n) is 1.41. The molecule has 0 aliphatic heterocycles. The van der Waals surface area contributed by atoms with Crippen LogP contribution >= 0.6 is 23.4 Å². The minimum absolute atomic E-state index is 0.659. The smallest absolute Gasteiger partial charge is 0.0446 e. The number of rotatable bonds is 6. The highest BCUT2D eigenvalue weighted by atomic mass is 35.5. The maximum Gasteiger partial charge on any atom is 0.0446 e. The Labute approximate surface area is 101 Å². The summed E-state index contributed by atoms with van der Waals surface area (Å²) >= 11 is 8.04. The maximum absolute atomic E-state index is 6.09. The lowest BCUT2D eigenvalue weighted by atomic mass is 10.2. The third-order valence-corrected chi connectivity index (χ3v) is 4.26. The van der Waals surface area contributed by atoms with Crippen molar-refractivity contribution in [2.75, 3.05) is 6.54 Å². The summed E-state index contributed by atoms with van der Waals surface area (Å²) in [5, 5.41) is 1.53. The van der Waals surface area contributed by atoms with Gasteiger partial charge in [-0.05, 0) is 31.0 Å². The van der Waals surface area contributed by atoms with Crippen LogP contribution in [0.15, 0.2) is 24.3 Å². The van der Waals surface area contributed by atoms with Gasteiger partial charge >= 0.3 is 0 Å². The normalized spacial score (nSPS) is 12.7. The largest absolute Gasteiger partial charge is 0.330 e. The number of hydrogen-bond acceptors (Lipinski definition) is 2. The van der Waals surface area contributed by atoms with E-state index in [1.807, 2.05) is 30.0 Å². The molecule has 1 aromatic carbocycles. The maximum atomic E-state index is 6.09. The van der Waals surface area contributed by atoms with Crippen LogP contribution in [0.4, 0.5) is 0 Å². The Morgan fingerprint density at radius 2 is 2.13 bits per heavy atom. The minimum Gasteiger partial charge on any atom is -0.330 e. The van der Waals surface area contributed by atoms with Gasteiger partial charge in [-0.15, -0.1) is 0 Å². The van der Waals surface area contributed by atoms with Crippen molar-refractivity contribution in [1.29, 1.82) is 0 Å². The van der Waals surface area contributed by atoms with E-state index in [2.05, 4.69) is 13.0 Å². The van der Waals surface area contributed by atoms with Gasteiger partial charge in [0, 0.05) is 16.0 Å². The summed E-state index contributed by atoms with van der Waals surface area (Å²) in [6.07, 6.45) is 2.26. The van der Waals surface area contributed by atoms with Crippen molar-refractivity contribution in [3.8, 4) is 0 Å². The van der Waals surface area contributed by atoms with Crippen molar-refractivity contribution in [2.24, 2.45) is 5.73 Å². The van der Waals surface area contributed by atoms with Crippen LogP contribution in [0.2, 0.25) is 5.02 Å². The lowest BCUT2D eigenvalue weighted by molar-refractivity contribution is 0.745. The first-order valence-corrected chi connectivity index (χ1v) is 6.75. The van der Waals surface area contributed by atoms with Crippen molar-refractivity contribution in [1.82, 2.24) is 0 Å². The molecule has 3 heteroatoms. The predicted octanol–water partition coefficient (Wildman–Crippen LogP) is 3.70. The van der Waals surface area contributed by atoms with Crippen molar-refractivity contribution >= 4 is 23.4 Å². The molecule has 0 spiro atoms. The zero-order chi connectivity index (χ0) is 11.1. The van der Waals surface area contributed by atoms with Crippen molar-refractivity contribution < 1.29 is 0 Å². The van der Waals surface area contributed by atoms with Crippen LogP contribution in [-0.4, -0.2) is 11.8 Å². The number of nitrogens with two attached hydrogens (primary N) is 1. The Morgan fingerprint density at radius 3 is 2.73 bits per heavy atom. The molecule has 0 radical (unpaired) electrons. The third kappa shape index (κ3) is 4.45. The molecule has 0 bridgehead atoms. The predicted molar refractivity (Wildman–Crippen MR) is 70.5 cm³/mol. The molecule has 84 valence electrons. The highest BCUT2D eigenvalue weighted by molar-refractivity contribution is 7.99. The zero-order valence-electron chi connectivity index (χ0n) is 9.08. The molecule has 0 aliphatic rings. The van der Waals surface area contributed by atoms with E-state index < -0.39 is 0 Å². The first-order valence-electron chi connectivity index (χ1n) is 5.33. The first-order chi connectivity index (χ1) is 7.27. The van der Waals surface area contributed by atoms with Gasteiger partial charge in [-0.1, -0.05) is 36.7 Å². The number of thioether (sulfide) groups is 1. The number of hydrogen-bond donors (Lipinski definition) is 1. The molecule has 0 aliphatic carbocycles. The Balaban J connectivity index is 2.45. The summed E-state index contributed by atoms with van der Waals surface area (Å²) in [6.45, 7) is 2.98. The van der Waals surface area contributed by atoms with E-state index in [-0.39, 0.29) is 0 Å². The van der Waals surface area contributed by atoms with Crippen LogP contribution in [0.25, 0.3) is 0 Å². The van der Waals surface area contributed by atoms with E-state index in [0.717, 1.165) is 23.7 Å². The van der Waals surface area contributed by atoms with Crippen molar-refractivity contribution in [3.05, 3.63) is 34.9 Å². The molecular weight excluding hydrogens is 226 g/mol. The lowest BCUT2D eigenvalue weighted by Crippen LogP contribution is -2.09. The average molecular weight is 244 g/mol. The lowest BCUT2D eigenvalue weighted by Gasteiger charge is -2.13. The summed E-state index contributed by atoms with van der Waals surface area (Å²) in [6, 6.07) is 8.03. The fourth-order valence-corrected chi connectivity index (χ4v) is 2.90. The van der Waals surface area contributed by atoms with Crippen molar-refractivity contribution in [2.45, 2.75) is 30.8 Å². The van der Waals surface area contributed by atoms with Gasteiger partial charge in [0.25, 0.3) is 0 Å².